The Morgan fingerprint density at radius 2 is 2.17 bits per heavy atom. The molecule has 3 N–H and O–H groups in total. The Labute approximate surface area is 111 Å². The zero-order valence-corrected chi connectivity index (χ0v) is 11.5. The van der Waals surface area contributed by atoms with E-state index in [4.69, 9.17) is 0 Å². The third kappa shape index (κ3) is 3.48. The molecule has 1 aromatic carbocycles. The molecule has 1 heterocycles. The van der Waals surface area contributed by atoms with Crippen LogP contribution in [0.3, 0.4) is 0 Å². The van der Waals surface area contributed by atoms with E-state index in [2.05, 4.69) is 29.1 Å². The van der Waals surface area contributed by atoms with Crippen molar-refractivity contribution in [1.82, 2.24) is 15.3 Å². The van der Waals surface area contributed by atoms with E-state index in [9.17, 15) is 5.11 Å². The van der Waals surface area contributed by atoms with Gasteiger partial charge in [-0.15, -0.1) is 0 Å². The number of H-pyrrole nitrogens is 1. The van der Waals surface area contributed by atoms with Crippen molar-refractivity contribution in [2.75, 3.05) is 12.4 Å². The standard InChI is InChI=1S/C13H19N3OS/c1-9(2)14-10(7-17)8-18-13-15-11-5-3-4-6-12(11)16-13/h3-6,9-10,14,17H,7-8H2,1-2H3,(H,15,16). The van der Waals surface area contributed by atoms with E-state index in [1.807, 2.05) is 24.3 Å². The minimum absolute atomic E-state index is 0.100. The molecule has 0 aliphatic rings. The highest BCUT2D eigenvalue weighted by molar-refractivity contribution is 7.99. The number of aromatic nitrogens is 2. The van der Waals surface area contributed by atoms with Crippen LogP contribution in [0, 0.1) is 0 Å². The van der Waals surface area contributed by atoms with Crippen LogP contribution in [0.5, 0.6) is 0 Å². The van der Waals surface area contributed by atoms with Gasteiger partial charge in [-0.05, 0) is 12.1 Å². The van der Waals surface area contributed by atoms with Crippen molar-refractivity contribution in [2.45, 2.75) is 31.1 Å². The topological polar surface area (TPSA) is 60.9 Å². The molecule has 0 saturated heterocycles. The predicted molar refractivity (Wildman–Crippen MR) is 76.0 cm³/mol. The van der Waals surface area contributed by atoms with Crippen LogP contribution in [0.2, 0.25) is 0 Å². The minimum atomic E-state index is 0.100. The van der Waals surface area contributed by atoms with E-state index in [0.717, 1.165) is 21.9 Å². The van der Waals surface area contributed by atoms with Gasteiger partial charge in [0.05, 0.1) is 17.6 Å². The van der Waals surface area contributed by atoms with Gasteiger partial charge in [0.25, 0.3) is 0 Å². The van der Waals surface area contributed by atoms with Crippen LogP contribution in [-0.2, 0) is 0 Å². The summed E-state index contributed by atoms with van der Waals surface area (Å²) >= 11 is 1.63. The maximum Gasteiger partial charge on any atom is 0.166 e. The second kappa shape index (κ2) is 6.22. The third-order valence-electron chi connectivity index (χ3n) is 2.58. The monoisotopic (exact) mass is 265 g/mol. The van der Waals surface area contributed by atoms with Crippen LogP contribution >= 0.6 is 11.8 Å². The van der Waals surface area contributed by atoms with Crippen molar-refractivity contribution in [3.05, 3.63) is 24.3 Å². The van der Waals surface area contributed by atoms with E-state index in [1.165, 1.54) is 0 Å². The van der Waals surface area contributed by atoms with Crippen molar-refractivity contribution < 1.29 is 5.11 Å². The molecule has 5 heteroatoms. The SMILES string of the molecule is CC(C)NC(CO)CSc1nc2ccccc2[nH]1. The summed E-state index contributed by atoms with van der Waals surface area (Å²) < 4.78 is 0. The van der Waals surface area contributed by atoms with Crippen LogP contribution < -0.4 is 5.32 Å². The lowest BCUT2D eigenvalue weighted by Gasteiger charge is -2.17. The van der Waals surface area contributed by atoms with Crippen LogP contribution in [0.15, 0.2) is 29.4 Å². The number of aliphatic hydroxyl groups is 1. The molecule has 0 aliphatic carbocycles. The van der Waals surface area contributed by atoms with E-state index >= 15 is 0 Å². The molecular formula is C13H19N3OS. The average molecular weight is 265 g/mol. The molecular weight excluding hydrogens is 246 g/mol. The molecule has 0 bridgehead atoms. The summed E-state index contributed by atoms with van der Waals surface area (Å²) in [5.74, 6) is 0.800. The van der Waals surface area contributed by atoms with E-state index < -0.39 is 0 Å². The smallest absolute Gasteiger partial charge is 0.166 e. The van der Waals surface area contributed by atoms with Gasteiger partial charge in [-0.25, -0.2) is 4.98 Å². The Hall–Kier alpha value is -1.04. The van der Waals surface area contributed by atoms with Gasteiger partial charge in [-0.1, -0.05) is 37.7 Å². The summed E-state index contributed by atoms with van der Waals surface area (Å²) in [6.45, 7) is 4.30. The number of nitrogens with zero attached hydrogens (tertiary/aromatic N) is 1. The number of nitrogens with one attached hydrogen (secondary N) is 2. The van der Waals surface area contributed by atoms with Gasteiger partial charge < -0.3 is 15.4 Å². The third-order valence-corrected chi connectivity index (χ3v) is 3.61. The second-order valence-electron chi connectivity index (χ2n) is 4.57. The maximum atomic E-state index is 9.29. The highest BCUT2D eigenvalue weighted by atomic mass is 32.2. The molecule has 0 aliphatic heterocycles. The van der Waals surface area contributed by atoms with Gasteiger partial charge in [0.2, 0.25) is 0 Å². The van der Waals surface area contributed by atoms with Crippen molar-refractivity contribution in [2.24, 2.45) is 0 Å². The van der Waals surface area contributed by atoms with Gasteiger partial charge in [0.15, 0.2) is 5.16 Å². The fourth-order valence-electron chi connectivity index (χ4n) is 1.80. The van der Waals surface area contributed by atoms with Crippen molar-refractivity contribution >= 4 is 22.8 Å². The molecule has 4 nitrogen and oxygen atoms in total. The van der Waals surface area contributed by atoms with E-state index in [1.54, 1.807) is 11.8 Å². The molecule has 0 saturated carbocycles. The Morgan fingerprint density at radius 1 is 1.39 bits per heavy atom. The number of hydrogen-bond donors (Lipinski definition) is 3. The van der Waals surface area contributed by atoms with Crippen LogP contribution in [-0.4, -0.2) is 39.5 Å². The Balaban J connectivity index is 1.96. The van der Waals surface area contributed by atoms with Gasteiger partial charge in [0.1, 0.15) is 0 Å². The zero-order chi connectivity index (χ0) is 13.0. The van der Waals surface area contributed by atoms with Gasteiger partial charge >= 0.3 is 0 Å². The lowest BCUT2D eigenvalue weighted by atomic mass is 10.3. The van der Waals surface area contributed by atoms with Crippen LogP contribution in [0.1, 0.15) is 13.8 Å². The Kier molecular flexibility index (Phi) is 4.63. The summed E-state index contributed by atoms with van der Waals surface area (Å²) in [4.78, 5) is 7.77. The first-order chi connectivity index (χ1) is 8.69. The number of hydrogen-bond acceptors (Lipinski definition) is 4. The number of fused-ring (bicyclic) bond motifs is 1. The molecule has 0 spiro atoms. The summed E-state index contributed by atoms with van der Waals surface area (Å²) in [5, 5.41) is 13.5. The summed E-state index contributed by atoms with van der Waals surface area (Å²) in [6, 6.07) is 8.45. The molecule has 2 rings (SSSR count). The van der Waals surface area contributed by atoms with Gasteiger partial charge in [-0.3, -0.25) is 0 Å². The number of aromatic amines is 1. The average Bonchev–Trinajstić information content (AvgIpc) is 2.76. The van der Waals surface area contributed by atoms with Gasteiger partial charge in [0, 0.05) is 17.8 Å². The fourth-order valence-corrected chi connectivity index (χ4v) is 2.71. The Bertz CT molecular complexity index is 465. The number of aliphatic hydroxyl groups excluding tert-OH is 1. The molecule has 2 aromatic rings. The molecule has 1 unspecified atom stereocenters. The maximum absolute atomic E-state index is 9.29. The molecule has 18 heavy (non-hydrogen) atoms. The van der Waals surface area contributed by atoms with Crippen molar-refractivity contribution in [3.8, 4) is 0 Å². The highest BCUT2D eigenvalue weighted by Gasteiger charge is 2.10. The Morgan fingerprint density at radius 3 is 2.83 bits per heavy atom. The first-order valence-electron chi connectivity index (χ1n) is 6.13. The molecule has 0 fully saturated rings. The van der Waals surface area contributed by atoms with E-state index in [0.29, 0.717) is 6.04 Å². The first-order valence-corrected chi connectivity index (χ1v) is 7.12. The fraction of sp³-hybridized carbons (Fsp3) is 0.462. The van der Waals surface area contributed by atoms with Crippen molar-refractivity contribution in [1.29, 1.82) is 0 Å². The number of para-hydroxylation sites is 2. The summed E-state index contributed by atoms with van der Waals surface area (Å²) in [7, 11) is 0. The number of thioether (sulfide) groups is 1. The number of imidazole rings is 1. The molecule has 0 radical (unpaired) electrons. The normalized spacial score (nSPS) is 13.3. The zero-order valence-electron chi connectivity index (χ0n) is 10.7. The van der Waals surface area contributed by atoms with Crippen LogP contribution in [0.4, 0.5) is 0 Å². The summed E-state index contributed by atoms with van der Waals surface area (Å²) in [6.07, 6.45) is 0. The highest BCUT2D eigenvalue weighted by Crippen LogP contribution is 2.19. The lowest BCUT2D eigenvalue weighted by Crippen LogP contribution is -2.39. The predicted octanol–water partition coefficient (Wildman–Crippen LogP) is 2.01. The molecule has 1 atom stereocenters. The van der Waals surface area contributed by atoms with Crippen LogP contribution in [0.25, 0.3) is 11.0 Å². The summed E-state index contributed by atoms with van der Waals surface area (Å²) in [5.41, 5.74) is 2.04. The second-order valence-corrected chi connectivity index (χ2v) is 5.58. The largest absolute Gasteiger partial charge is 0.395 e. The van der Waals surface area contributed by atoms with E-state index in [-0.39, 0.29) is 12.6 Å². The number of benzene rings is 1. The lowest BCUT2D eigenvalue weighted by molar-refractivity contribution is 0.247. The molecule has 98 valence electrons. The van der Waals surface area contributed by atoms with Crippen molar-refractivity contribution in [3.63, 3.8) is 0 Å². The number of rotatable bonds is 6. The quantitative estimate of drug-likeness (QED) is 0.699. The molecule has 1 aromatic heterocycles. The van der Waals surface area contributed by atoms with Gasteiger partial charge in [-0.2, -0.15) is 0 Å². The first kappa shape index (κ1) is 13.4. The molecule has 0 amide bonds. The minimum Gasteiger partial charge on any atom is -0.395 e.